The third-order valence-electron chi connectivity index (χ3n) is 2.24. The normalized spacial score (nSPS) is 11.6. The molecule has 1 aromatic heterocycles. The van der Waals surface area contributed by atoms with Gasteiger partial charge in [-0.1, -0.05) is 12.1 Å². The van der Waals surface area contributed by atoms with E-state index >= 15 is 0 Å². The fourth-order valence-electron chi connectivity index (χ4n) is 1.34. The zero-order valence-electron chi connectivity index (χ0n) is 8.85. The maximum absolute atomic E-state index is 12.4. The van der Waals surface area contributed by atoms with Crippen LogP contribution in [0.5, 0.6) is 0 Å². The van der Waals surface area contributed by atoms with E-state index in [-0.39, 0.29) is 4.78 Å². The lowest BCUT2D eigenvalue weighted by Gasteiger charge is -2.06. The number of nitrogens with zero attached hydrogens (tertiary/aromatic N) is 1. The second kappa shape index (κ2) is 4.71. The van der Waals surface area contributed by atoms with Gasteiger partial charge in [0.1, 0.15) is 5.01 Å². The van der Waals surface area contributed by atoms with Gasteiger partial charge in [0.15, 0.2) is 0 Å². The van der Waals surface area contributed by atoms with Gasteiger partial charge in [0, 0.05) is 11.8 Å². The maximum Gasteiger partial charge on any atom is 0.500 e. The van der Waals surface area contributed by atoms with Crippen LogP contribution in [0.15, 0.2) is 30.5 Å². The summed E-state index contributed by atoms with van der Waals surface area (Å²) >= 11 is 1.02. The van der Waals surface area contributed by atoms with Gasteiger partial charge in [-0.25, -0.2) is 4.98 Å². The fourth-order valence-corrected chi connectivity index (χ4v) is 2.13. The van der Waals surface area contributed by atoms with Crippen LogP contribution in [0.4, 0.5) is 13.2 Å². The average molecular weight is 273 g/mol. The Labute approximate surface area is 105 Å². The van der Waals surface area contributed by atoms with Gasteiger partial charge in [0.05, 0.1) is 10.3 Å². The number of rotatable bonds is 2. The third kappa shape index (κ3) is 2.71. The minimum Gasteiger partial charge on any atom is -0.423 e. The molecule has 0 fully saturated rings. The predicted molar refractivity (Wildman–Crippen MR) is 62.4 cm³/mol. The van der Waals surface area contributed by atoms with Gasteiger partial charge in [-0.05, 0) is 12.1 Å². The summed E-state index contributed by atoms with van der Waals surface area (Å²) in [6, 6.07) is 4.53. The van der Waals surface area contributed by atoms with Crippen LogP contribution >= 0.6 is 11.3 Å². The first-order chi connectivity index (χ1) is 8.38. The zero-order valence-corrected chi connectivity index (χ0v) is 9.66. The molecule has 1 aromatic carbocycles. The smallest absolute Gasteiger partial charge is 0.423 e. The van der Waals surface area contributed by atoms with Crippen molar-refractivity contribution in [3.8, 4) is 10.6 Å². The molecule has 0 amide bonds. The number of hydrogen-bond acceptors (Lipinski definition) is 4. The third-order valence-corrected chi connectivity index (χ3v) is 3.32. The Morgan fingerprint density at radius 3 is 2.17 bits per heavy atom. The molecule has 18 heavy (non-hydrogen) atoms. The van der Waals surface area contributed by atoms with Crippen molar-refractivity contribution in [2.75, 3.05) is 0 Å². The molecule has 0 saturated heterocycles. The van der Waals surface area contributed by atoms with Crippen molar-refractivity contribution < 1.29 is 23.2 Å². The molecule has 94 valence electrons. The van der Waals surface area contributed by atoms with Crippen molar-refractivity contribution in [2.24, 2.45) is 0 Å². The van der Waals surface area contributed by atoms with E-state index in [0.717, 1.165) is 23.5 Å². The van der Waals surface area contributed by atoms with Crippen molar-refractivity contribution in [2.45, 2.75) is 6.18 Å². The Bertz CT molecular complexity index is 539. The Morgan fingerprint density at radius 1 is 1.11 bits per heavy atom. The molecule has 0 aliphatic heterocycles. The van der Waals surface area contributed by atoms with E-state index in [4.69, 9.17) is 10.0 Å². The predicted octanol–water partition coefficient (Wildman–Crippen LogP) is 1.51. The van der Waals surface area contributed by atoms with Crippen molar-refractivity contribution in [3.05, 3.63) is 36.0 Å². The highest BCUT2D eigenvalue weighted by Crippen LogP contribution is 2.31. The zero-order chi connectivity index (χ0) is 13.3. The van der Waals surface area contributed by atoms with E-state index in [1.807, 2.05) is 0 Å². The summed E-state index contributed by atoms with van der Waals surface area (Å²) in [6.45, 7) is 0. The summed E-state index contributed by atoms with van der Waals surface area (Å²) in [4.78, 5) is 3.92. The van der Waals surface area contributed by atoms with Crippen molar-refractivity contribution >= 4 is 23.2 Å². The fraction of sp³-hybridized carbons (Fsp3) is 0.100. The van der Waals surface area contributed by atoms with E-state index < -0.39 is 18.9 Å². The van der Waals surface area contributed by atoms with Gasteiger partial charge in [-0.15, -0.1) is 11.3 Å². The summed E-state index contributed by atoms with van der Waals surface area (Å²) in [6.07, 6.45) is -3.09. The minimum atomic E-state index is -4.37. The molecule has 0 radical (unpaired) electrons. The maximum atomic E-state index is 12.4. The molecule has 0 spiro atoms. The number of hydrogen-bond donors (Lipinski definition) is 2. The number of benzene rings is 1. The molecule has 0 unspecified atom stereocenters. The second-order valence-corrected chi connectivity index (χ2v) is 4.58. The molecule has 0 saturated carbocycles. The highest BCUT2D eigenvalue weighted by molar-refractivity contribution is 7.24. The van der Waals surface area contributed by atoms with E-state index in [1.165, 1.54) is 18.3 Å². The van der Waals surface area contributed by atoms with Crippen LogP contribution in [0.25, 0.3) is 10.6 Å². The molecule has 2 N–H and O–H groups in total. The van der Waals surface area contributed by atoms with Crippen LogP contribution in [0, 0.1) is 0 Å². The van der Waals surface area contributed by atoms with E-state index in [1.54, 1.807) is 0 Å². The first kappa shape index (κ1) is 13.1. The lowest BCUT2D eigenvalue weighted by Crippen LogP contribution is -2.26. The summed E-state index contributed by atoms with van der Waals surface area (Å²) < 4.78 is 37.3. The summed E-state index contributed by atoms with van der Waals surface area (Å²) in [5.41, 5.74) is -0.231. The van der Waals surface area contributed by atoms with Gasteiger partial charge >= 0.3 is 13.3 Å². The van der Waals surface area contributed by atoms with Crippen LogP contribution < -0.4 is 4.78 Å². The van der Waals surface area contributed by atoms with Crippen molar-refractivity contribution in [3.63, 3.8) is 0 Å². The molecule has 2 aromatic rings. The Kier molecular flexibility index (Phi) is 3.42. The molecule has 0 bridgehead atoms. The van der Waals surface area contributed by atoms with Crippen LogP contribution in [0.3, 0.4) is 0 Å². The molecule has 3 nitrogen and oxygen atoms in total. The summed E-state index contributed by atoms with van der Waals surface area (Å²) in [5.74, 6) is 0. The van der Waals surface area contributed by atoms with Crippen LogP contribution in [0.2, 0.25) is 0 Å². The van der Waals surface area contributed by atoms with Gasteiger partial charge in [-0.3, -0.25) is 0 Å². The number of thiazole rings is 1. The lowest BCUT2D eigenvalue weighted by atomic mass is 9.91. The van der Waals surface area contributed by atoms with Gasteiger partial charge in [-0.2, -0.15) is 13.2 Å². The summed E-state index contributed by atoms with van der Waals surface area (Å²) in [7, 11) is -1.62. The molecule has 8 heteroatoms. The molecular formula is C10H7BF3NO2S. The van der Waals surface area contributed by atoms with Crippen LogP contribution in [-0.4, -0.2) is 22.2 Å². The number of aromatic nitrogens is 1. The molecule has 0 aliphatic carbocycles. The Morgan fingerprint density at radius 2 is 1.72 bits per heavy atom. The second-order valence-electron chi connectivity index (χ2n) is 3.52. The van der Waals surface area contributed by atoms with Crippen LogP contribution in [0.1, 0.15) is 5.56 Å². The van der Waals surface area contributed by atoms with Crippen molar-refractivity contribution in [1.29, 1.82) is 0 Å². The summed E-state index contributed by atoms with van der Waals surface area (Å²) in [5, 5.41) is 18.3. The minimum absolute atomic E-state index is 0.241. The van der Waals surface area contributed by atoms with E-state index in [2.05, 4.69) is 4.98 Å². The molecule has 0 aliphatic rings. The van der Waals surface area contributed by atoms with E-state index in [9.17, 15) is 13.2 Å². The molecular weight excluding hydrogens is 266 g/mol. The highest BCUT2D eigenvalue weighted by Gasteiger charge is 2.30. The van der Waals surface area contributed by atoms with E-state index in [0.29, 0.717) is 10.6 Å². The lowest BCUT2D eigenvalue weighted by molar-refractivity contribution is -0.137. The molecule has 1 heterocycles. The Balaban J connectivity index is 2.29. The number of alkyl halides is 3. The first-order valence-electron chi connectivity index (χ1n) is 4.87. The first-order valence-corrected chi connectivity index (χ1v) is 5.69. The Hall–Kier alpha value is -1.38. The quantitative estimate of drug-likeness (QED) is 0.815. The topological polar surface area (TPSA) is 53.4 Å². The van der Waals surface area contributed by atoms with Crippen LogP contribution in [-0.2, 0) is 6.18 Å². The standard InChI is InChI=1S/C10H7BF3NO2S/c12-10(13,14)7-3-1-6(2-4-7)9-15-5-8(18-9)11(16)17/h1-5,16-17H. The highest BCUT2D eigenvalue weighted by atomic mass is 32.1. The van der Waals surface area contributed by atoms with Gasteiger partial charge in [0.2, 0.25) is 0 Å². The van der Waals surface area contributed by atoms with Gasteiger partial charge in [0.25, 0.3) is 0 Å². The SMILES string of the molecule is OB(O)c1cnc(-c2ccc(C(F)(F)F)cc2)s1. The van der Waals surface area contributed by atoms with Gasteiger partial charge < -0.3 is 10.0 Å². The average Bonchev–Trinajstić information content (AvgIpc) is 2.77. The molecule has 2 rings (SSSR count). The van der Waals surface area contributed by atoms with Crippen molar-refractivity contribution in [1.82, 2.24) is 4.98 Å². The number of halogens is 3. The molecule has 0 atom stereocenters. The largest absolute Gasteiger partial charge is 0.500 e. The monoisotopic (exact) mass is 273 g/mol.